The third-order valence-corrected chi connectivity index (χ3v) is 10.2. The third kappa shape index (κ3) is 7.18. The fourth-order valence-corrected chi connectivity index (χ4v) is 7.54. The number of rotatable bonds is 11. The molecule has 10 nitrogen and oxygen atoms in total. The zero-order chi connectivity index (χ0) is 30.2. The fourth-order valence-electron chi connectivity index (χ4n) is 5.67. The molecule has 2 aliphatic carbocycles. The smallest absolute Gasteiger partial charge is 0.229 e. The van der Waals surface area contributed by atoms with Crippen molar-refractivity contribution in [1.82, 2.24) is 24.6 Å². The van der Waals surface area contributed by atoms with E-state index in [-0.39, 0.29) is 33.6 Å². The monoisotopic (exact) mass is 615 g/mol. The van der Waals surface area contributed by atoms with Gasteiger partial charge in [0.15, 0.2) is 15.7 Å². The number of benzene rings is 1. The molecule has 0 bridgehead atoms. The van der Waals surface area contributed by atoms with Crippen LogP contribution in [0.1, 0.15) is 69.4 Å². The van der Waals surface area contributed by atoms with Crippen molar-refractivity contribution in [3.63, 3.8) is 0 Å². The molecule has 0 atom stereocenters. The van der Waals surface area contributed by atoms with Crippen LogP contribution < -0.4 is 15.4 Å². The lowest BCUT2D eigenvalue weighted by atomic mass is 9.80. The maximum atomic E-state index is 13.0. The van der Waals surface area contributed by atoms with Crippen LogP contribution in [0.15, 0.2) is 29.6 Å². The summed E-state index contributed by atoms with van der Waals surface area (Å²) in [5.41, 5.74) is 3.66. The molecule has 2 aliphatic rings. The van der Waals surface area contributed by atoms with Gasteiger partial charge in [-0.3, -0.25) is 4.68 Å². The van der Waals surface area contributed by atoms with Crippen molar-refractivity contribution in [2.45, 2.75) is 82.4 Å². The summed E-state index contributed by atoms with van der Waals surface area (Å²) < 4.78 is 33.8. The molecule has 0 unspecified atom stereocenters. The summed E-state index contributed by atoms with van der Waals surface area (Å²) in [5, 5.41) is 10.8. The molecule has 5 rings (SSSR count). The molecule has 1 aromatic carbocycles. The van der Waals surface area contributed by atoms with E-state index < -0.39 is 9.84 Å². The van der Waals surface area contributed by atoms with Gasteiger partial charge in [0.2, 0.25) is 11.0 Å². The van der Waals surface area contributed by atoms with Crippen molar-refractivity contribution in [3.8, 4) is 5.75 Å². The van der Waals surface area contributed by atoms with Gasteiger partial charge in [-0.1, -0.05) is 25.4 Å². The zero-order valence-corrected chi connectivity index (χ0v) is 26.9. The summed E-state index contributed by atoms with van der Waals surface area (Å²) in [6, 6.07) is 4.97. The summed E-state index contributed by atoms with van der Waals surface area (Å²) in [4.78, 5) is 11.3. The van der Waals surface area contributed by atoms with Crippen LogP contribution in [-0.2, 0) is 16.9 Å². The van der Waals surface area contributed by atoms with Crippen LogP contribution in [0.3, 0.4) is 0 Å². The quantitative estimate of drug-likeness (QED) is 0.259. The minimum Gasteiger partial charge on any atom is -0.488 e. The van der Waals surface area contributed by atoms with E-state index in [1.807, 2.05) is 13.8 Å². The number of nitrogens with one attached hydrogen (secondary N) is 2. The lowest BCUT2D eigenvalue weighted by Crippen LogP contribution is -2.31. The van der Waals surface area contributed by atoms with Gasteiger partial charge in [-0.25, -0.2) is 13.4 Å². The first-order valence-electron chi connectivity index (χ1n) is 14.7. The number of ether oxygens (including phenoxy) is 1. The molecular formula is C30H42ClN7O3S. The topological polar surface area (TPSA) is 114 Å². The van der Waals surface area contributed by atoms with Crippen molar-refractivity contribution < 1.29 is 13.2 Å². The highest BCUT2D eigenvalue weighted by Gasteiger charge is 2.29. The van der Waals surface area contributed by atoms with E-state index in [0.29, 0.717) is 23.6 Å². The van der Waals surface area contributed by atoms with Gasteiger partial charge in [0.1, 0.15) is 10.8 Å². The molecule has 0 radical (unpaired) electrons. The molecule has 0 saturated heterocycles. The Morgan fingerprint density at radius 3 is 2.45 bits per heavy atom. The molecule has 0 aliphatic heterocycles. The lowest BCUT2D eigenvalue weighted by Gasteiger charge is -2.33. The molecule has 0 amide bonds. The van der Waals surface area contributed by atoms with Gasteiger partial charge in [-0.15, -0.1) is 0 Å². The lowest BCUT2D eigenvalue weighted by molar-refractivity contribution is 0.216. The highest BCUT2D eigenvalue weighted by molar-refractivity contribution is 7.91. The molecule has 42 heavy (non-hydrogen) atoms. The third-order valence-electron chi connectivity index (χ3n) is 7.94. The normalized spacial score (nSPS) is 19.4. The van der Waals surface area contributed by atoms with Crippen molar-refractivity contribution in [1.29, 1.82) is 0 Å². The first-order chi connectivity index (χ1) is 19.9. The van der Waals surface area contributed by atoms with Crippen LogP contribution in [0, 0.1) is 12.8 Å². The Hall–Kier alpha value is -2.89. The number of hydrogen-bond donors (Lipinski definition) is 2. The number of nitrogens with zero attached hydrogens (tertiary/aromatic N) is 5. The Morgan fingerprint density at radius 2 is 1.81 bits per heavy atom. The molecule has 228 valence electrons. The highest BCUT2D eigenvalue weighted by atomic mass is 35.5. The van der Waals surface area contributed by atoms with Gasteiger partial charge in [0.05, 0.1) is 29.4 Å². The van der Waals surface area contributed by atoms with Crippen LogP contribution in [0.2, 0.25) is 5.02 Å². The van der Waals surface area contributed by atoms with Crippen LogP contribution in [0.4, 0.5) is 23.1 Å². The molecule has 2 saturated carbocycles. The Morgan fingerprint density at radius 1 is 1.10 bits per heavy atom. The highest BCUT2D eigenvalue weighted by Crippen LogP contribution is 2.42. The summed E-state index contributed by atoms with van der Waals surface area (Å²) >= 11 is 6.46. The van der Waals surface area contributed by atoms with Crippen LogP contribution in [0.5, 0.6) is 5.75 Å². The van der Waals surface area contributed by atoms with E-state index in [0.717, 1.165) is 37.1 Å². The first kappa shape index (κ1) is 30.6. The first-order valence-corrected chi connectivity index (χ1v) is 16.7. The van der Waals surface area contributed by atoms with E-state index in [2.05, 4.69) is 63.8 Å². The molecule has 2 N–H and O–H groups in total. The fraction of sp³-hybridized carbons (Fsp3) is 0.567. The second-order valence-corrected chi connectivity index (χ2v) is 14.7. The summed E-state index contributed by atoms with van der Waals surface area (Å²) in [7, 11) is 2.40. The number of aromatic nitrogens is 4. The average molecular weight is 616 g/mol. The van der Waals surface area contributed by atoms with Gasteiger partial charge in [0.25, 0.3) is 0 Å². The zero-order valence-electron chi connectivity index (χ0n) is 25.3. The Bertz CT molecular complexity index is 1530. The molecule has 2 fully saturated rings. The van der Waals surface area contributed by atoms with Crippen LogP contribution >= 0.6 is 11.6 Å². The van der Waals surface area contributed by atoms with Crippen LogP contribution in [-0.4, -0.2) is 65.1 Å². The Balaban J connectivity index is 1.40. The van der Waals surface area contributed by atoms with Crippen molar-refractivity contribution in [2.24, 2.45) is 13.0 Å². The van der Waals surface area contributed by atoms with Gasteiger partial charge in [-0.2, -0.15) is 10.1 Å². The van der Waals surface area contributed by atoms with E-state index in [1.165, 1.54) is 34.8 Å². The standard InChI is InChI=1S/C30H42ClN7O3S/c1-18(2)17-42(39,40)29-26(16-38(6)36-29)33-28-24(31)15-32-30(35-28)34-25-13-19(3)23(14-27(25)41-22-11-12-22)20-7-9-21(10-8-20)37(4)5/h13-16,18,20-22H,7-12,17H2,1-6H3,(H2,32,33,34,35)/t20-,21-. The molecule has 3 aromatic rings. The molecule has 12 heteroatoms. The maximum absolute atomic E-state index is 13.0. The van der Waals surface area contributed by atoms with Crippen molar-refractivity contribution in [3.05, 3.63) is 40.7 Å². The van der Waals surface area contributed by atoms with E-state index in [4.69, 9.17) is 16.3 Å². The van der Waals surface area contributed by atoms with Gasteiger partial charge < -0.3 is 20.3 Å². The molecule has 2 aromatic heterocycles. The minimum atomic E-state index is -3.61. The average Bonchev–Trinajstić information content (AvgIpc) is 3.65. The number of anilines is 4. The Kier molecular flexibility index (Phi) is 9.01. The van der Waals surface area contributed by atoms with Crippen molar-refractivity contribution in [2.75, 3.05) is 30.5 Å². The summed E-state index contributed by atoms with van der Waals surface area (Å²) in [6.07, 6.45) is 10.1. The number of halogens is 1. The summed E-state index contributed by atoms with van der Waals surface area (Å²) in [5.74, 6) is 1.85. The molecular weight excluding hydrogens is 574 g/mol. The molecule has 2 heterocycles. The van der Waals surface area contributed by atoms with Crippen LogP contribution in [0.25, 0.3) is 0 Å². The molecule has 0 spiro atoms. The number of hydrogen-bond acceptors (Lipinski definition) is 9. The summed E-state index contributed by atoms with van der Waals surface area (Å²) in [6.45, 7) is 5.87. The van der Waals surface area contributed by atoms with Gasteiger partial charge in [-0.05, 0) is 94.6 Å². The van der Waals surface area contributed by atoms with E-state index in [9.17, 15) is 8.42 Å². The Labute approximate surface area is 254 Å². The maximum Gasteiger partial charge on any atom is 0.229 e. The van der Waals surface area contributed by atoms with Gasteiger partial charge in [0, 0.05) is 19.3 Å². The second-order valence-electron chi connectivity index (χ2n) is 12.3. The van der Waals surface area contributed by atoms with E-state index >= 15 is 0 Å². The van der Waals surface area contributed by atoms with Crippen molar-refractivity contribution >= 4 is 44.6 Å². The number of aryl methyl sites for hydroxylation is 2. The van der Waals surface area contributed by atoms with Gasteiger partial charge >= 0.3 is 0 Å². The minimum absolute atomic E-state index is 0.0147. The largest absolute Gasteiger partial charge is 0.488 e. The predicted molar refractivity (Wildman–Crippen MR) is 167 cm³/mol. The van der Waals surface area contributed by atoms with E-state index in [1.54, 1.807) is 13.2 Å². The second kappa shape index (κ2) is 12.4. The predicted octanol–water partition coefficient (Wildman–Crippen LogP) is 6.22. The SMILES string of the molecule is Cc1cc(Nc2ncc(Cl)c(Nc3cn(C)nc3S(=O)(=O)CC(C)C)n2)c(OC2CC2)cc1[C@H]1CC[C@H](N(C)C)CC1. The number of sulfone groups is 1.